The molecular weight excluding hydrogens is 352 g/mol. The van der Waals surface area contributed by atoms with Gasteiger partial charge in [0.25, 0.3) is 5.91 Å². The predicted molar refractivity (Wildman–Crippen MR) is 90.2 cm³/mol. The third-order valence-corrected chi connectivity index (χ3v) is 5.11. The van der Waals surface area contributed by atoms with Gasteiger partial charge in [0.15, 0.2) is 9.84 Å². The number of carbonyl (C=O) groups excluding carboxylic acids is 2. The normalized spacial score (nSPS) is 10.9. The zero-order valence-electron chi connectivity index (χ0n) is 12.5. The first-order valence-electron chi connectivity index (χ1n) is 7.01. The predicted octanol–water partition coefficient (Wildman–Crippen LogP) is 1.97. The highest BCUT2D eigenvalue weighted by atomic mass is 35.5. The molecule has 24 heavy (non-hydrogen) atoms. The summed E-state index contributed by atoms with van der Waals surface area (Å²) in [5.41, 5.74) is 4.72. The van der Waals surface area contributed by atoms with Crippen LogP contribution < -0.4 is 10.9 Å². The molecule has 0 bridgehead atoms. The van der Waals surface area contributed by atoms with Gasteiger partial charge in [-0.3, -0.25) is 20.4 Å². The Bertz CT molecular complexity index is 821. The van der Waals surface area contributed by atoms with Crippen molar-refractivity contribution in [3.05, 3.63) is 65.2 Å². The molecule has 0 fully saturated rings. The van der Waals surface area contributed by atoms with E-state index in [4.69, 9.17) is 11.6 Å². The molecule has 0 spiro atoms. The van der Waals surface area contributed by atoms with E-state index in [0.717, 1.165) is 0 Å². The summed E-state index contributed by atoms with van der Waals surface area (Å²) < 4.78 is 24.1. The first-order valence-corrected chi connectivity index (χ1v) is 9.04. The number of halogens is 1. The van der Waals surface area contributed by atoms with Gasteiger partial charge in [-0.2, -0.15) is 0 Å². The SMILES string of the molecule is O=C(CCS(=O)(=O)c1ccccc1)NNC(=O)c1ccc(Cl)cc1. The molecule has 0 aliphatic carbocycles. The third kappa shape index (κ3) is 5.07. The van der Waals surface area contributed by atoms with Gasteiger partial charge < -0.3 is 0 Å². The van der Waals surface area contributed by atoms with Crippen molar-refractivity contribution < 1.29 is 18.0 Å². The van der Waals surface area contributed by atoms with Gasteiger partial charge in [0.2, 0.25) is 5.91 Å². The second kappa shape index (κ2) is 7.94. The molecule has 0 heterocycles. The lowest BCUT2D eigenvalue weighted by molar-refractivity contribution is -0.121. The number of carbonyl (C=O) groups is 2. The molecular formula is C16H15ClN2O4S. The number of sulfone groups is 1. The Morgan fingerprint density at radius 1 is 0.917 bits per heavy atom. The van der Waals surface area contributed by atoms with Crippen molar-refractivity contribution in [1.29, 1.82) is 0 Å². The van der Waals surface area contributed by atoms with Crippen LogP contribution >= 0.6 is 11.6 Å². The fourth-order valence-corrected chi connectivity index (χ4v) is 3.22. The third-order valence-electron chi connectivity index (χ3n) is 3.12. The molecule has 6 nitrogen and oxygen atoms in total. The molecule has 0 saturated carbocycles. The zero-order valence-corrected chi connectivity index (χ0v) is 14.1. The molecule has 0 radical (unpaired) electrons. The lowest BCUT2D eigenvalue weighted by Crippen LogP contribution is -2.42. The quantitative estimate of drug-likeness (QED) is 0.791. The Kier molecular flexibility index (Phi) is 5.94. The number of benzene rings is 2. The zero-order chi connectivity index (χ0) is 17.6. The van der Waals surface area contributed by atoms with Gasteiger partial charge in [-0.05, 0) is 36.4 Å². The molecule has 2 amide bonds. The van der Waals surface area contributed by atoms with E-state index < -0.39 is 21.7 Å². The Hall–Kier alpha value is -2.38. The smallest absolute Gasteiger partial charge is 0.269 e. The summed E-state index contributed by atoms with van der Waals surface area (Å²) in [6, 6.07) is 14.0. The Morgan fingerprint density at radius 2 is 1.54 bits per heavy atom. The van der Waals surface area contributed by atoms with Gasteiger partial charge in [-0.15, -0.1) is 0 Å². The molecule has 0 aliphatic rings. The molecule has 0 saturated heterocycles. The molecule has 0 aromatic heterocycles. The molecule has 2 aromatic rings. The number of nitrogens with one attached hydrogen (secondary N) is 2. The summed E-state index contributed by atoms with van der Waals surface area (Å²) in [5.74, 6) is -1.47. The molecule has 0 atom stereocenters. The maximum Gasteiger partial charge on any atom is 0.269 e. The summed E-state index contributed by atoms with van der Waals surface area (Å²) in [6.45, 7) is 0. The van der Waals surface area contributed by atoms with Crippen molar-refractivity contribution >= 4 is 33.3 Å². The summed E-state index contributed by atoms with van der Waals surface area (Å²) in [5, 5.41) is 0.488. The van der Waals surface area contributed by atoms with Crippen molar-refractivity contribution in [3.63, 3.8) is 0 Å². The van der Waals surface area contributed by atoms with E-state index in [1.807, 2.05) is 0 Å². The fraction of sp³-hybridized carbons (Fsp3) is 0.125. The molecule has 126 valence electrons. The minimum atomic E-state index is -3.54. The van der Waals surface area contributed by atoms with Gasteiger partial charge >= 0.3 is 0 Å². The highest BCUT2D eigenvalue weighted by Crippen LogP contribution is 2.11. The van der Waals surface area contributed by atoms with E-state index in [-0.39, 0.29) is 17.1 Å². The maximum absolute atomic E-state index is 12.0. The van der Waals surface area contributed by atoms with Crippen LogP contribution in [0.5, 0.6) is 0 Å². The maximum atomic E-state index is 12.0. The summed E-state index contributed by atoms with van der Waals surface area (Å²) in [4.78, 5) is 23.7. The van der Waals surface area contributed by atoms with E-state index in [1.165, 1.54) is 24.3 Å². The first-order chi connectivity index (χ1) is 11.4. The lowest BCUT2D eigenvalue weighted by atomic mass is 10.2. The summed E-state index contributed by atoms with van der Waals surface area (Å²) >= 11 is 5.72. The second-order valence-corrected chi connectivity index (χ2v) is 7.44. The topological polar surface area (TPSA) is 92.3 Å². The molecule has 2 aromatic carbocycles. The minimum Gasteiger partial charge on any atom is -0.273 e. The standard InChI is InChI=1S/C16H15ClN2O4S/c17-13-8-6-12(7-9-13)16(21)19-18-15(20)10-11-24(22,23)14-4-2-1-3-5-14/h1-9H,10-11H2,(H,18,20)(H,19,21). The van der Waals surface area contributed by atoms with Crippen LogP contribution in [0, 0.1) is 0 Å². The van der Waals surface area contributed by atoms with Crippen LogP contribution in [0.25, 0.3) is 0 Å². The molecule has 0 unspecified atom stereocenters. The fourth-order valence-electron chi connectivity index (χ4n) is 1.84. The van der Waals surface area contributed by atoms with E-state index in [9.17, 15) is 18.0 Å². The Balaban J connectivity index is 1.83. The van der Waals surface area contributed by atoms with Crippen LogP contribution in [-0.4, -0.2) is 26.0 Å². The number of rotatable bonds is 5. The van der Waals surface area contributed by atoms with Crippen molar-refractivity contribution in [2.45, 2.75) is 11.3 Å². The van der Waals surface area contributed by atoms with Crippen molar-refractivity contribution in [1.82, 2.24) is 10.9 Å². The van der Waals surface area contributed by atoms with E-state index in [1.54, 1.807) is 30.3 Å². The van der Waals surface area contributed by atoms with Crippen LogP contribution in [0.1, 0.15) is 16.8 Å². The molecule has 0 aliphatic heterocycles. The summed E-state index contributed by atoms with van der Waals surface area (Å²) in [6.07, 6.45) is -0.266. The van der Waals surface area contributed by atoms with E-state index >= 15 is 0 Å². The molecule has 2 N–H and O–H groups in total. The van der Waals surface area contributed by atoms with Crippen molar-refractivity contribution in [3.8, 4) is 0 Å². The van der Waals surface area contributed by atoms with Gasteiger partial charge in [0.05, 0.1) is 10.6 Å². The lowest BCUT2D eigenvalue weighted by Gasteiger charge is -2.08. The van der Waals surface area contributed by atoms with Gasteiger partial charge in [-0.1, -0.05) is 29.8 Å². The Morgan fingerprint density at radius 3 is 2.17 bits per heavy atom. The largest absolute Gasteiger partial charge is 0.273 e. The van der Waals surface area contributed by atoms with Crippen LogP contribution in [0.15, 0.2) is 59.5 Å². The molecule has 8 heteroatoms. The molecule has 2 rings (SSSR count). The average Bonchev–Trinajstić information content (AvgIpc) is 2.59. The number of hydrazine groups is 1. The van der Waals surface area contributed by atoms with E-state index in [2.05, 4.69) is 10.9 Å². The van der Waals surface area contributed by atoms with Gasteiger partial charge in [0.1, 0.15) is 0 Å². The number of amides is 2. The Labute approximate surface area is 144 Å². The summed E-state index contributed by atoms with van der Waals surface area (Å²) in [7, 11) is -3.54. The van der Waals surface area contributed by atoms with E-state index in [0.29, 0.717) is 10.6 Å². The van der Waals surface area contributed by atoms with Crippen LogP contribution in [-0.2, 0) is 14.6 Å². The first kappa shape index (κ1) is 18.0. The van der Waals surface area contributed by atoms with Crippen molar-refractivity contribution in [2.24, 2.45) is 0 Å². The highest BCUT2D eigenvalue weighted by Gasteiger charge is 2.16. The van der Waals surface area contributed by atoms with Crippen LogP contribution in [0.3, 0.4) is 0 Å². The average molecular weight is 367 g/mol. The van der Waals surface area contributed by atoms with Crippen LogP contribution in [0.4, 0.5) is 0 Å². The monoisotopic (exact) mass is 366 g/mol. The minimum absolute atomic E-state index is 0.156. The number of hydrogen-bond donors (Lipinski definition) is 2. The van der Waals surface area contributed by atoms with Crippen LogP contribution in [0.2, 0.25) is 5.02 Å². The van der Waals surface area contributed by atoms with Crippen molar-refractivity contribution in [2.75, 3.05) is 5.75 Å². The second-order valence-electron chi connectivity index (χ2n) is 4.89. The van der Waals surface area contributed by atoms with Gasteiger partial charge in [-0.25, -0.2) is 8.42 Å². The number of hydrogen-bond acceptors (Lipinski definition) is 4. The highest BCUT2D eigenvalue weighted by molar-refractivity contribution is 7.91. The van der Waals surface area contributed by atoms with Gasteiger partial charge in [0, 0.05) is 17.0 Å².